The van der Waals surface area contributed by atoms with Gasteiger partial charge in [0.25, 0.3) is 5.56 Å². The second-order valence-corrected chi connectivity index (χ2v) is 7.83. The molecule has 0 bridgehead atoms. The lowest BCUT2D eigenvalue weighted by atomic mass is 10.1. The maximum Gasteiger partial charge on any atom is 0.251 e. The van der Waals surface area contributed by atoms with E-state index in [1.165, 1.54) is 19.2 Å². The van der Waals surface area contributed by atoms with Gasteiger partial charge in [-0.15, -0.1) is 0 Å². The molecule has 3 rings (SSSR count). The molecule has 136 valence electrons. The number of halogens is 1. The molecule has 0 saturated heterocycles. The highest BCUT2D eigenvalue weighted by Gasteiger charge is 2.19. The number of hydrogen-bond donors (Lipinski definition) is 2. The van der Waals surface area contributed by atoms with Gasteiger partial charge in [-0.2, -0.15) is 0 Å². The topological polar surface area (TPSA) is 88.3 Å². The van der Waals surface area contributed by atoms with Gasteiger partial charge in [0.1, 0.15) is 10.6 Å². The van der Waals surface area contributed by atoms with Crippen molar-refractivity contribution in [2.24, 2.45) is 0 Å². The number of hydrogen-bond acceptors (Lipinski definition) is 4. The Kier molecular flexibility index (Phi) is 5.31. The number of sulfonamides is 1. The summed E-state index contributed by atoms with van der Waals surface area (Å²) >= 11 is 5.89. The highest BCUT2D eigenvalue weighted by Crippen LogP contribution is 2.26. The van der Waals surface area contributed by atoms with Gasteiger partial charge in [0.05, 0.1) is 7.11 Å². The zero-order valence-electron chi connectivity index (χ0n) is 14.0. The monoisotopic (exact) mass is 392 g/mol. The Labute approximate surface area is 155 Å². The van der Waals surface area contributed by atoms with Crippen LogP contribution in [0.2, 0.25) is 5.02 Å². The summed E-state index contributed by atoms with van der Waals surface area (Å²) in [5, 5.41) is 1.18. The van der Waals surface area contributed by atoms with E-state index >= 15 is 0 Å². The van der Waals surface area contributed by atoms with Crippen LogP contribution in [0.3, 0.4) is 0 Å². The van der Waals surface area contributed by atoms with Gasteiger partial charge in [0, 0.05) is 22.6 Å². The number of pyridine rings is 1. The third-order valence-corrected chi connectivity index (χ3v) is 5.65. The summed E-state index contributed by atoms with van der Waals surface area (Å²) in [6, 6.07) is 13.5. The van der Waals surface area contributed by atoms with E-state index in [1.54, 1.807) is 12.1 Å². The average Bonchev–Trinajstić information content (AvgIpc) is 2.62. The number of benzene rings is 2. The fourth-order valence-corrected chi connectivity index (χ4v) is 4.10. The van der Waals surface area contributed by atoms with E-state index in [1.807, 2.05) is 24.3 Å². The molecule has 0 atom stereocenters. The standard InChI is InChI=1S/C18H17ClN2O4S/c1-25-16-7-6-14(19)11-17(16)26(23,24)20-9-8-13-10-12-4-2-3-5-15(12)21-18(13)22/h2-7,10-11,20H,8-9H2,1H3,(H,21,22). The number of nitrogens with one attached hydrogen (secondary N) is 2. The number of rotatable bonds is 6. The van der Waals surface area contributed by atoms with E-state index in [0.29, 0.717) is 5.56 Å². The van der Waals surface area contributed by atoms with Crippen molar-refractivity contribution in [2.45, 2.75) is 11.3 Å². The van der Waals surface area contributed by atoms with Gasteiger partial charge in [-0.1, -0.05) is 29.8 Å². The first kappa shape index (κ1) is 18.4. The zero-order chi connectivity index (χ0) is 18.7. The minimum absolute atomic E-state index is 0.0417. The number of fused-ring (bicyclic) bond motifs is 1. The van der Waals surface area contributed by atoms with Crippen molar-refractivity contribution in [2.75, 3.05) is 13.7 Å². The highest BCUT2D eigenvalue weighted by molar-refractivity contribution is 7.89. The summed E-state index contributed by atoms with van der Waals surface area (Å²) in [6.45, 7) is 0.0689. The van der Waals surface area contributed by atoms with E-state index < -0.39 is 10.0 Å². The molecule has 8 heteroatoms. The fourth-order valence-electron chi connectivity index (χ4n) is 2.64. The maximum absolute atomic E-state index is 12.5. The molecule has 0 aliphatic heterocycles. The van der Waals surface area contributed by atoms with E-state index in [-0.39, 0.29) is 34.2 Å². The van der Waals surface area contributed by atoms with Gasteiger partial charge in [-0.05, 0) is 42.1 Å². The molecule has 2 N–H and O–H groups in total. The summed E-state index contributed by atoms with van der Waals surface area (Å²) in [7, 11) is -2.44. The minimum Gasteiger partial charge on any atom is -0.495 e. The molecule has 2 aromatic carbocycles. The Balaban J connectivity index is 1.78. The Bertz CT molecular complexity index is 1110. The van der Waals surface area contributed by atoms with Gasteiger partial charge < -0.3 is 9.72 Å². The Hall–Kier alpha value is -2.35. The van der Waals surface area contributed by atoms with E-state index in [4.69, 9.17) is 16.3 Å². The predicted octanol–water partition coefficient (Wildman–Crippen LogP) is 2.71. The third kappa shape index (κ3) is 3.90. The molecule has 26 heavy (non-hydrogen) atoms. The molecule has 1 aromatic heterocycles. The molecular formula is C18H17ClN2O4S. The van der Waals surface area contributed by atoms with E-state index in [0.717, 1.165) is 10.9 Å². The lowest BCUT2D eigenvalue weighted by Crippen LogP contribution is -2.28. The molecule has 0 unspecified atom stereocenters. The van der Waals surface area contributed by atoms with Crippen LogP contribution < -0.4 is 15.0 Å². The smallest absolute Gasteiger partial charge is 0.251 e. The summed E-state index contributed by atoms with van der Waals surface area (Å²) < 4.78 is 32.6. The number of para-hydroxylation sites is 1. The normalized spacial score (nSPS) is 11.6. The first-order valence-corrected chi connectivity index (χ1v) is 9.71. The summed E-state index contributed by atoms with van der Waals surface area (Å²) in [5.74, 6) is 0.199. The van der Waals surface area contributed by atoms with E-state index in [2.05, 4.69) is 9.71 Å². The van der Waals surface area contributed by atoms with Crippen LogP contribution in [0.5, 0.6) is 5.75 Å². The van der Waals surface area contributed by atoms with Crippen LogP contribution in [0.15, 0.2) is 58.2 Å². The van der Waals surface area contributed by atoms with Crippen molar-refractivity contribution in [3.8, 4) is 5.75 Å². The molecule has 0 aliphatic rings. The Morgan fingerprint density at radius 2 is 1.92 bits per heavy atom. The first-order chi connectivity index (χ1) is 12.4. The van der Waals surface area contributed by atoms with Gasteiger partial charge in [0.2, 0.25) is 10.0 Å². The highest BCUT2D eigenvalue weighted by atomic mass is 35.5. The number of H-pyrrole nitrogens is 1. The first-order valence-electron chi connectivity index (χ1n) is 7.85. The lowest BCUT2D eigenvalue weighted by Gasteiger charge is -2.11. The maximum atomic E-state index is 12.5. The second-order valence-electron chi connectivity index (χ2n) is 5.65. The van der Waals surface area contributed by atoms with Crippen LogP contribution >= 0.6 is 11.6 Å². The van der Waals surface area contributed by atoms with E-state index in [9.17, 15) is 13.2 Å². The van der Waals surface area contributed by atoms with Crippen molar-refractivity contribution in [3.05, 3.63) is 69.5 Å². The van der Waals surface area contributed by atoms with Crippen LogP contribution in [-0.2, 0) is 16.4 Å². The van der Waals surface area contributed by atoms with Crippen molar-refractivity contribution >= 4 is 32.5 Å². The third-order valence-electron chi connectivity index (χ3n) is 3.93. The van der Waals surface area contributed by atoms with Gasteiger partial charge in [-0.3, -0.25) is 4.79 Å². The van der Waals surface area contributed by atoms with Crippen LogP contribution in [0.25, 0.3) is 10.9 Å². The number of aromatic nitrogens is 1. The predicted molar refractivity (Wildman–Crippen MR) is 101 cm³/mol. The summed E-state index contributed by atoms with van der Waals surface area (Å²) in [4.78, 5) is 14.9. The largest absolute Gasteiger partial charge is 0.495 e. The van der Waals surface area contributed by atoms with Crippen molar-refractivity contribution in [1.82, 2.24) is 9.71 Å². The molecular weight excluding hydrogens is 376 g/mol. The molecule has 6 nitrogen and oxygen atoms in total. The van der Waals surface area contributed by atoms with Crippen LogP contribution in [0.4, 0.5) is 0 Å². The summed E-state index contributed by atoms with van der Waals surface area (Å²) in [5.41, 5.74) is 1.01. The molecule has 0 fully saturated rings. The number of ether oxygens (including phenoxy) is 1. The molecule has 0 saturated carbocycles. The van der Waals surface area contributed by atoms with Crippen molar-refractivity contribution < 1.29 is 13.2 Å². The Morgan fingerprint density at radius 3 is 2.69 bits per heavy atom. The molecule has 0 amide bonds. The second kappa shape index (κ2) is 7.49. The van der Waals surface area contributed by atoms with Crippen molar-refractivity contribution in [3.63, 3.8) is 0 Å². The molecule has 0 aliphatic carbocycles. The molecule has 0 spiro atoms. The number of aromatic amines is 1. The summed E-state index contributed by atoms with van der Waals surface area (Å²) in [6.07, 6.45) is 0.252. The fraction of sp³-hybridized carbons (Fsp3) is 0.167. The zero-order valence-corrected chi connectivity index (χ0v) is 15.5. The minimum atomic E-state index is -3.82. The van der Waals surface area contributed by atoms with Crippen molar-refractivity contribution in [1.29, 1.82) is 0 Å². The van der Waals surface area contributed by atoms with Crippen LogP contribution in [0, 0.1) is 0 Å². The average molecular weight is 393 g/mol. The Morgan fingerprint density at radius 1 is 1.15 bits per heavy atom. The van der Waals surface area contributed by atoms with Gasteiger partial charge >= 0.3 is 0 Å². The number of methoxy groups -OCH3 is 1. The van der Waals surface area contributed by atoms with Crippen LogP contribution in [0.1, 0.15) is 5.56 Å². The SMILES string of the molecule is COc1ccc(Cl)cc1S(=O)(=O)NCCc1cc2ccccc2[nH]c1=O. The molecule has 3 aromatic rings. The van der Waals surface area contributed by atoms with Crippen LogP contribution in [-0.4, -0.2) is 27.1 Å². The lowest BCUT2D eigenvalue weighted by molar-refractivity contribution is 0.402. The van der Waals surface area contributed by atoms with Gasteiger partial charge in [-0.25, -0.2) is 13.1 Å². The molecule has 0 radical (unpaired) electrons. The van der Waals surface area contributed by atoms with Gasteiger partial charge in [0.15, 0.2) is 0 Å². The quantitative estimate of drug-likeness (QED) is 0.675. The molecule has 1 heterocycles.